The van der Waals surface area contributed by atoms with Crippen LogP contribution in [0.1, 0.15) is 45.9 Å². The van der Waals surface area contributed by atoms with Crippen LogP contribution in [0, 0.1) is 0 Å². The van der Waals surface area contributed by atoms with E-state index in [4.69, 9.17) is 14.7 Å². The van der Waals surface area contributed by atoms with Gasteiger partial charge in [0.2, 0.25) is 0 Å². The van der Waals surface area contributed by atoms with Gasteiger partial charge < -0.3 is 20.3 Å². The number of nitrogens with zero attached hydrogens (tertiary/aromatic N) is 4. The molecule has 0 aliphatic carbocycles. The molecule has 0 saturated carbocycles. The third-order valence-electron chi connectivity index (χ3n) is 6.46. The fourth-order valence-corrected chi connectivity index (χ4v) is 4.62. The molecular weight excluding hydrogens is 404 g/mol. The summed E-state index contributed by atoms with van der Waals surface area (Å²) < 4.78 is 5.68. The van der Waals surface area contributed by atoms with Crippen molar-refractivity contribution in [3.63, 3.8) is 0 Å². The highest BCUT2D eigenvalue weighted by molar-refractivity contribution is 5.89. The molecule has 172 valence electrons. The van der Waals surface area contributed by atoms with Gasteiger partial charge in [-0.3, -0.25) is 4.90 Å². The first-order chi connectivity index (χ1) is 15.3. The minimum Gasteiger partial charge on any atom is -0.377 e. The molecule has 2 N–H and O–H groups in total. The minimum absolute atomic E-state index is 0.161. The summed E-state index contributed by atoms with van der Waals surface area (Å²) in [4.78, 5) is 26.8. The molecule has 0 radical (unpaired) electrons. The van der Waals surface area contributed by atoms with Crippen LogP contribution in [0.4, 0.5) is 16.3 Å². The Hall–Kier alpha value is -2.71. The molecule has 1 saturated heterocycles. The lowest BCUT2D eigenvalue weighted by Crippen LogP contribution is -2.44. The van der Waals surface area contributed by atoms with E-state index < -0.39 is 0 Å². The zero-order chi connectivity index (χ0) is 22.9. The van der Waals surface area contributed by atoms with Crippen molar-refractivity contribution in [2.75, 3.05) is 43.1 Å². The van der Waals surface area contributed by atoms with E-state index in [-0.39, 0.29) is 17.6 Å². The normalized spacial score (nSPS) is 20.2. The number of amides is 2. The number of anilines is 2. The van der Waals surface area contributed by atoms with Crippen LogP contribution in [0.5, 0.6) is 0 Å². The average molecular weight is 439 g/mol. The molecule has 0 unspecified atom stereocenters. The number of hydrogen-bond acceptors (Lipinski definition) is 6. The van der Waals surface area contributed by atoms with Crippen molar-refractivity contribution in [3.8, 4) is 11.4 Å². The summed E-state index contributed by atoms with van der Waals surface area (Å²) in [6, 6.07) is 7.77. The molecule has 1 aromatic heterocycles. The van der Waals surface area contributed by atoms with Crippen molar-refractivity contribution in [3.05, 3.63) is 35.5 Å². The van der Waals surface area contributed by atoms with E-state index in [0.29, 0.717) is 25.6 Å². The van der Waals surface area contributed by atoms with Gasteiger partial charge in [-0.05, 0) is 58.5 Å². The Bertz CT molecular complexity index is 975. The molecule has 2 amide bonds. The lowest BCUT2D eigenvalue weighted by atomic mass is 9.99. The molecule has 8 nitrogen and oxygen atoms in total. The number of fused-ring (bicyclic) bond motifs is 1. The predicted octanol–water partition coefficient (Wildman–Crippen LogP) is 3.58. The molecule has 1 aromatic carbocycles. The molecule has 1 atom stereocenters. The second-order valence-electron chi connectivity index (χ2n) is 8.95. The topological polar surface area (TPSA) is 82.6 Å². The first kappa shape index (κ1) is 22.5. The summed E-state index contributed by atoms with van der Waals surface area (Å²) in [5.74, 6) is 1.74. The summed E-state index contributed by atoms with van der Waals surface area (Å²) in [6.07, 6.45) is 0. The van der Waals surface area contributed by atoms with E-state index in [1.165, 1.54) is 5.56 Å². The lowest BCUT2D eigenvalue weighted by Gasteiger charge is -2.35. The van der Waals surface area contributed by atoms with E-state index >= 15 is 0 Å². The second kappa shape index (κ2) is 9.03. The molecule has 0 spiro atoms. The van der Waals surface area contributed by atoms with E-state index in [1.54, 1.807) is 0 Å². The number of ether oxygens (including phenoxy) is 1. The van der Waals surface area contributed by atoms with Gasteiger partial charge in [0.25, 0.3) is 0 Å². The number of aromatic nitrogens is 2. The van der Waals surface area contributed by atoms with Crippen molar-refractivity contribution in [1.29, 1.82) is 0 Å². The van der Waals surface area contributed by atoms with Crippen LogP contribution in [0.15, 0.2) is 24.3 Å². The number of hydrogen-bond donors (Lipinski definition) is 2. The molecule has 0 bridgehead atoms. The number of rotatable bonds is 5. The maximum absolute atomic E-state index is 11.8. The van der Waals surface area contributed by atoms with E-state index in [9.17, 15) is 4.79 Å². The maximum Gasteiger partial charge on any atom is 0.319 e. The Labute approximate surface area is 190 Å². The smallest absolute Gasteiger partial charge is 0.319 e. The van der Waals surface area contributed by atoms with E-state index in [1.807, 2.05) is 31.2 Å². The van der Waals surface area contributed by atoms with Crippen LogP contribution in [-0.2, 0) is 16.8 Å². The van der Waals surface area contributed by atoms with Gasteiger partial charge in [0.15, 0.2) is 5.82 Å². The highest BCUT2D eigenvalue weighted by atomic mass is 16.5. The standard InChI is InChI=1S/C24H34N6O2/c1-6-25-23(31)26-18-10-8-17(9-11-18)21-27-20-19(14-29(7-2)24(20,4)5)22(28-21)30-12-13-32-15-16(30)3/h8-11,16H,6-7,12-15H2,1-5H3,(H2,25,26,31)/t16-/m0/s1. The summed E-state index contributed by atoms with van der Waals surface area (Å²) in [6.45, 7) is 15.4. The Morgan fingerprint density at radius 3 is 2.62 bits per heavy atom. The number of morpholine rings is 1. The summed E-state index contributed by atoms with van der Waals surface area (Å²) >= 11 is 0. The highest BCUT2D eigenvalue weighted by Gasteiger charge is 2.41. The Morgan fingerprint density at radius 1 is 1.22 bits per heavy atom. The monoisotopic (exact) mass is 438 g/mol. The number of urea groups is 1. The third kappa shape index (κ3) is 4.17. The molecule has 2 aliphatic heterocycles. The van der Waals surface area contributed by atoms with Gasteiger partial charge in [0.1, 0.15) is 5.82 Å². The van der Waals surface area contributed by atoms with E-state index in [0.717, 1.165) is 42.4 Å². The average Bonchev–Trinajstić information content (AvgIpc) is 3.04. The fraction of sp³-hybridized carbons (Fsp3) is 0.542. The van der Waals surface area contributed by atoms with Crippen molar-refractivity contribution in [1.82, 2.24) is 20.2 Å². The van der Waals surface area contributed by atoms with Gasteiger partial charge in [-0.25, -0.2) is 14.8 Å². The zero-order valence-electron chi connectivity index (χ0n) is 19.7. The third-order valence-corrected chi connectivity index (χ3v) is 6.46. The highest BCUT2D eigenvalue weighted by Crippen LogP contribution is 2.42. The quantitative estimate of drug-likeness (QED) is 0.743. The van der Waals surface area contributed by atoms with Crippen LogP contribution >= 0.6 is 0 Å². The lowest BCUT2D eigenvalue weighted by molar-refractivity contribution is 0.0983. The van der Waals surface area contributed by atoms with Gasteiger partial charge >= 0.3 is 6.03 Å². The molecule has 1 fully saturated rings. The number of nitrogens with one attached hydrogen (secondary N) is 2. The minimum atomic E-state index is -0.209. The van der Waals surface area contributed by atoms with Gasteiger partial charge in [-0.2, -0.15) is 0 Å². The summed E-state index contributed by atoms with van der Waals surface area (Å²) in [7, 11) is 0. The molecule has 4 rings (SSSR count). The molecule has 2 aromatic rings. The maximum atomic E-state index is 11.8. The van der Waals surface area contributed by atoms with Crippen molar-refractivity contribution in [2.24, 2.45) is 0 Å². The number of carbonyl (C=O) groups is 1. The van der Waals surface area contributed by atoms with Crippen LogP contribution in [0.3, 0.4) is 0 Å². The molecular formula is C24H34N6O2. The first-order valence-electron chi connectivity index (χ1n) is 11.5. The van der Waals surface area contributed by atoms with Crippen molar-refractivity contribution < 1.29 is 9.53 Å². The number of carbonyl (C=O) groups excluding carboxylic acids is 1. The second-order valence-corrected chi connectivity index (χ2v) is 8.95. The van der Waals surface area contributed by atoms with Crippen LogP contribution in [0.25, 0.3) is 11.4 Å². The van der Waals surface area contributed by atoms with Crippen LogP contribution < -0.4 is 15.5 Å². The van der Waals surface area contributed by atoms with Gasteiger partial charge in [0.05, 0.1) is 30.5 Å². The van der Waals surface area contributed by atoms with Crippen molar-refractivity contribution >= 4 is 17.5 Å². The van der Waals surface area contributed by atoms with E-state index in [2.05, 4.69) is 48.1 Å². The SMILES string of the molecule is CCNC(=O)Nc1ccc(-c2nc(N3CCOC[C@@H]3C)c3c(n2)C(C)(C)N(CC)C3)cc1. The Balaban J connectivity index is 1.74. The summed E-state index contributed by atoms with van der Waals surface area (Å²) in [5, 5.41) is 5.58. The van der Waals surface area contributed by atoms with Crippen LogP contribution in [-0.4, -0.2) is 59.8 Å². The molecule has 32 heavy (non-hydrogen) atoms. The van der Waals surface area contributed by atoms with Gasteiger partial charge in [-0.15, -0.1) is 0 Å². The predicted molar refractivity (Wildman–Crippen MR) is 127 cm³/mol. The Morgan fingerprint density at radius 2 is 1.97 bits per heavy atom. The van der Waals surface area contributed by atoms with Crippen LogP contribution in [0.2, 0.25) is 0 Å². The molecule has 2 aliphatic rings. The molecule has 8 heteroatoms. The number of benzene rings is 1. The Kier molecular flexibility index (Phi) is 6.35. The van der Waals surface area contributed by atoms with Gasteiger partial charge in [0, 0.05) is 36.4 Å². The zero-order valence-corrected chi connectivity index (χ0v) is 19.7. The van der Waals surface area contributed by atoms with Crippen molar-refractivity contribution in [2.45, 2.75) is 52.7 Å². The fourth-order valence-electron chi connectivity index (χ4n) is 4.62. The largest absolute Gasteiger partial charge is 0.377 e. The van der Waals surface area contributed by atoms with Gasteiger partial charge in [-0.1, -0.05) is 6.92 Å². The molecule has 3 heterocycles. The summed E-state index contributed by atoms with van der Waals surface area (Å²) in [5.41, 5.74) is 3.83. The first-order valence-corrected chi connectivity index (χ1v) is 11.5.